The molecule has 0 amide bonds. The lowest BCUT2D eigenvalue weighted by atomic mass is 9.98. The maximum Gasteiger partial charge on any atom is 0.416 e. The van der Waals surface area contributed by atoms with Gasteiger partial charge in [-0.05, 0) is 53.9 Å². The fourth-order valence-corrected chi connectivity index (χ4v) is 2.82. The molecule has 2 aromatic carbocycles. The van der Waals surface area contributed by atoms with Gasteiger partial charge in [0.15, 0.2) is 5.84 Å². The van der Waals surface area contributed by atoms with Crippen LogP contribution in [0.3, 0.4) is 0 Å². The lowest BCUT2D eigenvalue weighted by molar-refractivity contribution is -0.137. The van der Waals surface area contributed by atoms with Crippen LogP contribution in [0.2, 0.25) is 0 Å². The SMILES string of the molecule is Cc1cc(/C(N)=N/O)cc([C@@H]2Cc3cc(C(F)(F)F)ccc3O2)c1. The predicted molar refractivity (Wildman–Crippen MR) is 82.2 cm³/mol. The number of ether oxygens (including phenoxy) is 1. The summed E-state index contributed by atoms with van der Waals surface area (Å²) in [7, 11) is 0. The van der Waals surface area contributed by atoms with Gasteiger partial charge in [0.05, 0.1) is 5.56 Å². The second-order valence-corrected chi connectivity index (χ2v) is 5.75. The van der Waals surface area contributed by atoms with E-state index in [2.05, 4.69) is 5.16 Å². The topological polar surface area (TPSA) is 67.8 Å². The quantitative estimate of drug-likeness (QED) is 0.379. The summed E-state index contributed by atoms with van der Waals surface area (Å²) in [6.45, 7) is 1.85. The molecule has 7 heteroatoms. The first-order chi connectivity index (χ1) is 11.3. The fourth-order valence-electron chi connectivity index (χ4n) is 2.82. The summed E-state index contributed by atoms with van der Waals surface area (Å²) in [4.78, 5) is 0. The molecule has 126 valence electrons. The lowest BCUT2D eigenvalue weighted by Crippen LogP contribution is -2.14. The Morgan fingerprint density at radius 2 is 2.00 bits per heavy atom. The molecule has 0 fully saturated rings. The molecule has 1 aliphatic rings. The van der Waals surface area contributed by atoms with Gasteiger partial charge in [0.2, 0.25) is 0 Å². The van der Waals surface area contributed by atoms with E-state index in [1.165, 1.54) is 6.07 Å². The monoisotopic (exact) mass is 336 g/mol. The lowest BCUT2D eigenvalue weighted by Gasteiger charge is -2.13. The molecule has 0 aromatic heterocycles. The summed E-state index contributed by atoms with van der Waals surface area (Å²) < 4.78 is 44.2. The summed E-state index contributed by atoms with van der Waals surface area (Å²) in [6, 6.07) is 8.81. The molecule has 4 nitrogen and oxygen atoms in total. The van der Waals surface area contributed by atoms with Crippen molar-refractivity contribution in [2.75, 3.05) is 0 Å². The van der Waals surface area contributed by atoms with Crippen LogP contribution in [0, 0.1) is 6.92 Å². The number of benzene rings is 2. The van der Waals surface area contributed by atoms with Crippen molar-refractivity contribution in [3.63, 3.8) is 0 Å². The van der Waals surface area contributed by atoms with E-state index in [-0.39, 0.29) is 5.84 Å². The van der Waals surface area contributed by atoms with Crippen LogP contribution in [-0.4, -0.2) is 11.0 Å². The van der Waals surface area contributed by atoms with Gasteiger partial charge in [-0.15, -0.1) is 0 Å². The minimum absolute atomic E-state index is 0.0326. The second kappa shape index (κ2) is 5.74. The highest BCUT2D eigenvalue weighted by molar-refractivity contribution is 5.97. The smallest absolute Gasteiger partial charge is 0.416 e. The normalized spacial score (nSPS) is 17.5. The molecule has 1 aliphatic heterocycles. The van der Waals surface area contributed by atoms with Gasteiger partial charge in [-0.1, -0.05) is 11.2 Å². The van der Waals surface area contributed by atoms with Crippen LogP contribution in [0.1, 0.15) is 33.9 Å². The Morgan fingerprint density at radius 1 is 1.25 bits per heavy atom. The average Bonchev–Trinajstić information content (AvgIpc) is 2.95. The maximum atomic E-state index is 12.8. The largest absolute Gasteiger partial charge is 0.485 e. The third kappa shape index (κ3) is 3.02. The highest BCUT2D eigenvalue weighted by Crippen LogP contribution is 2.40. The highest BCUT2D eigenvalue weighted by atomic mass is 19.4. The third-order valence-corrected chi connectivity index (χ3v) is 3.94. The van der Waals surface area contributed by atoms with Crippen molar-refractivity contribution in [3.05, 3.63) is 64.2 Å². The van der Waals surface area contributed by atoms with Crippen LogP contribution >= 0.6 is 0 Å². The van der Waals surface area contributed by atoms with Gasteiger partial charge >= 0.3 is 6.18 Å². The van der Waals surface area contributed by atoms with E-state index in [4.69, 9.17) is 15.7 Å². The minimum atomic E-state index is -4.38. The number of hydrogen-bond acceptors (Lipinski definition) is 3. The zero-order valence-corrected chi connectivity index (χ0v) is 12.8. The summed E-state index contributed by atoms with van der Waals surface area (Å²) in [5.74, 6) is 0.412. The van der Waals surface area contributed by atoms with E-state index < -0.39 is 17.8 Å². The van der Waals surface area contributed by atoms with Crippen LogP contribution in [0.25, 0.3) is 0 Å². The number of nitrogens with two attached hydrogens (primary N) is 1. The van der Waals surface area contributed by atoms with Gasteiger partial charge in [-0.3, -0.25) is 0 Å². The molecule has 1 heterocycles. The Morgan fingerprint density at radius 3 is 2.67 bits per heavy atom. The van der Waals surface area contributed by atoms with E-state index in [0.717, 1.165) is 23.3 Å². The van der Waals surface area contributed by atoms with Crippen molar-refractivity contribution in [2.45, 2.75) is 25.6 Å². The number of amidine groups is 1. The summed E-state index contributed by atoms with van der Waals surface area (Å²) in [6.07, 6.45) is -4.46. The molecule has 2 aromatic rings. The maximum absolute atomic E-state index is 12.8. The van der Waals surface area contributed by atoms with Crippen LogP contribution in [0.15, 0.2) is 41.6 Å². The van der Waals surface area contributed by atoms with Gasteiger partial charge in [0, 0.05) is 12.0 Å². The first-order valence-electron chi connectivity index (χ1n) is 7.24. The van der Waals surface area contributed by atoms with Crippen molar-refractivity contribution >= 4 is 5.84 Å². The molecule has 0 saturated heterocycles. The van der Waals surface area contributed by atoms with E-state index >= 15 is 0 Å². The second-order valence-electron chi connectivity index (χ2n) is 5.75. The molecule has 0 aliphatic carbocycles. The predicted octanol–water partition coefficient (Wildman–Crippen LogP) is 3.78. The van der Waals surface area contributed by atoms with Gasteiger partial charge in [-0.25, -0.2) is 0 Å². The molecule has 0 saturated carbocycles. The molecule has 0 spiro atoms. The Hall–Kier alpha value is -2.70. The summed E-state index contributed by atoms with van der Waals surface area (Å²) in [5.41, 5.74) is 7.62. The Kier molecular flexibility index (Phi) is 3.87. The van der Waals surface area contributed by atoms with Gasteiger partial charge in [0.1, 0.15) is 11.9 Å². The molecular formula is C17H15F3N2O2. The zero-order valence-electron chi connectivity index (χ0n) is 12.8. The molecule has 0 bridgehead atoms. The van der Waals surface area contributed by atoms with E-state index in [9.17, 15) is 13.2 Å². The number of aryl methyl sites for hydroxylation is 1. The van der Waals surface area contributed by atoms with Crippen molar-refractivity contribution in [2.24, 2.45) is 10.9 Å². The minimum Gasteiger partial charge on any atom is -0.485 e. The van der Waals surface area contributed by atoms with Gasteiger partial charge in [0.25, 0.3) is 0 Å². The first-order valence-corrected chi connectivity index (χ1v) is 7.24. The summed E-state index contributed by atoms with van der Waals surface area (Å²) >= 11 is 0. The number of halogens is 3. The van der Waals surface area contributed by atoms with E-state index in [1.807, 2.05) is 13.0 Å². The summed E-state index contributed by atoms with van der Waals surface area (Å²) in [5, 5.41) is 11.8. The number of fused-ring (bicyclic) bond motifs is 1. The van der Waals surface area contributed by atoms with Crippen LogP contribution < -0.4 is 10.5 Å². The van der Waals surface area contributed by atoms with Crippen LogP contribution in [0.5, 0.6) is 5.75 Å². The standard InChI is InChI=1S/C17H15F3N2O2/c1-9-4-10(6-12(5-9)16(21)22-23)15-8-11-7-13(17(18,19)20)2-3-14(11)24-15/h2-7,15,23H,8H2,1H3,(H2,21,22)/t15-/m0/s1. The zero-order chi connectivity index (χ0) is 17.5. The van der Waals surface area contributed by atoms with E-state index in [0.29, 0.717) is 23.3 Å². The van der Waals surface area contributed by atoms with Crippen LogP contribution in [0.4, 0.5) is 13.2 Å². The Balaban J connectivity index is 1.92. The molecule has 0 unspecified atom stereocenters. The number of alkyl halides is 3. The van der Waals surface area contributed by atoms with Crippen molar-refractivity contribution in [3.8, 4) is 5.75 Å². The number of oxime groups is 1. The first kappa shape index (κ1) is 16.2. The fraction of sp³-hybridized carbons (Fsp3) is 0.235. The highest BCUT2D eigenvalue weighted by Gasteiger charge is 2.33. The van der Waals surface area contributed by atoms with Gasteiger partial charge in [-0.2, -0.15) is 13.2 Å². The van der Waals surface area contributed by atoms with E-state index in [1.54, 1.807) is 12.1 Å². The Labute approximate surface area is 136 Å². The molecule has 24 heavy (non-hydrogen) atoms. The third-order valence-electron chi connectivity index (χ3n) is 3.94. The molecule has 3 N–H and O–H groups in total. The number of rotatable bonds is 2. The Bertz CT molecular complexity index is 816. The molecule has 1 atom stereocenters. The van der Waals surface area contributed by atoms with Crippen molar-refractivity contribution in [1.82, 2.24) is 0 Å². The number of hydrogen-bond donors (Lipinski definition) is 2. The molecule has 3 rings (SSSR count). The molecule has 0 radical (unpaired) electrons. The van der Waals surface area contributed by atoms with Gasteiger partial charge < -0.3 is 15.7 Å². The molecular weight excluding hydrogens is 321 g/mol. The van der Waals surface area contributed by atoms with Crippen molar-refractivity contribution < 1.29 is 23.1 Å². The number of nitrogens with zero attached hydrogens (tertiary/aromatic N) is 1. The average molecular weight is 336 g/mol. The van der Waals surface area contributed by atoms with Crippen molar-refractivity contribution in [1.29, 1.82) is 0 Å². The van der Waals surface area contributed by atoms with Crippen LogP contribution in [-0.2, 0) is 12.6 Å².